The minimum absolute atomic E-state index is 0.0228. The van der Waals surface area contributed by atoms with Gasteiger partial charge in [0.15, 0.2) is 5.78 Å². The first-order valence-corrected chi connectivity index (χ1v) is 30.5. The summed E-state index contributed by atoms with van der Waals surface area (Å²) in [7, 11) is 2.33. The Labute approximate surface area is 443 Å². The second-order valence-electron chi connectivity index (χ2n) is 26.2. The number of allylic oxidation sites excluding steroid dienone is 2. The molecule has 13 aliphatic rings. The molecule has 7 fully saturated rings. The van der Waals surface area contributed by atoms with Gasteiger partial charge in [-0.05, 0) is 147 Å². The Bertz CT molecular complexity index is 2590. The predicted molar refractivity (Wildman–Crippen MR) is 281 cm³/mol. The molecule has 9 N–H and O–H groups in total. The van der Waals surface area contributed by atoms with Gasteiger partial charge in [-0.2, -0.15) is 0 Å². The number of amides is 1. The monoisotopic (exact) mass is 1060 g/mol. The number of nitrogens with zero attached hydrogens (tertiary/aromatic N) is 1. The number of ether oxygens (including phenoxy) is 1. The summed E-state index contributed by atoms with van der Waals surface area (Å²) >= 11 is 0. The molecule has 7 aliphatic carbocycles. The summed E-state index contributed by atoms with van der Waals surface area (Å²) in [6, 6.07) is 5.28. The normalized spacial score (nSPS) is 49.3. The van der Waals surface area contributed by atoms with E-state index in [1.54, 1.807) is 23.1 Å². The van der Waals surface area contributed by atoms with E-state index >= 15 is 9.59 Å². The molecule has 0 aromatic heterocycles. The zero-order valence-corrected chi connectivity index (χ0v) is 45.1. The molecular weight excluding hydrogens is 979 g/mol. The Morgan fingerprint density at radius 1 is 0.905 bits per heavy atom. The molecule has 1 amide bonds. The average Bonchev–Trinajstić information content (AvgIpc) is 4.14. The number of epoxide rings is 1. The highest BCUT2D eigenvalue weighted by atomic mass is 33.1. The lowest BCUT2D eigenvalue weighted by molar-refractivity contribution is -0.249. The largest absolute Gasteiger partial charge is 0.508 e. The molecule has 20 unspecified atom stereocenters. The van der Waals surface area contributed by atoms with Crippen molar-refractivity contribution in [3.05, 3.63) is 47.6 Å². The highest BCUT2D eigenvalue weighted by molar-refractivity contribution is 8.77. The first kappa shape index (κ1) is 52.3. The molecule has 5 saturated carbocycles. The number of benzene rings is 1. The van der Waals surface area contributed by atoms with Crippen molar-refractivity contribution in [3.63, 3.8) is 0 Å². The standard InChI is InChI=1S/C59H79NO12S2/c1-32(2)33(3)45-49(72-45)57(70)18-9-11-35-26-41-42-28-44(64)59-40(47(65)54(69,31-62)30-52(41,59)4)14-19-53(16-6-5-7-17-53)48(66)46(73-74-51(59)68)39-12-8-10-36(29-61)55(39)22-23-60(50(55)67)37-24-34(25-38(63)27-37)13-20-56(35)43(57)15-21-58(42,56)71/h9,11,24-25,27-28,32-33,35-36,39-41,43,45-49,51,61-63,65-66,68-71H,5-8,10,12-13,15-18,20-23,26,29-31H2,1-4H3. The van der Waals surface area contributed by atoms with Gasteiger partial charge in [0.05, 0.1) is 52.7 Å². The van der Waals surface area contributed by atoms with Gasteiger partial charge in [0, 0.05) is 41.5 Å². The van der Waals surface area contributed by atoms with E-state index < -0.39 is 121 Å². The third-order valence-corrected chi connectivity index (χ3v) is 26.2. The summed E-state index contributed by atoms with van der Waals surface area (Å²) in [5.41, 5.74) is -11.9. The summed E-state index contributed by atoms with van der Waals surface area (Å²) in [6.07, 6.45) is 9.29. The fraction of sp³-hybridized carbons (Fsp3) is 0.763. The summed E-state index contributed by atoms with van der Waals surface area (Å²) in [4.78, 5) is 34.0. The molecule has 6 heterocycles. The Kier molecular flexibility index (Phi) is 12.5. The number of aliphatic hydroxyl groups is 8. The molecule has 1 aromatic carbocycles. The molecule has 13 nitrogen and oxygen atoms in total. The minimum Gasteiger partial charge on any atom is -0.508 e. The molecule has 0 radical (unpaired) electrons. The molecule has 14 rings (SSSR count). The maximum absolute atomic E-state index is 16.4. The van der Waals surface area contributed by atoms with Crippen LogP contribution < -0.4 is 4.90 Å². The first-order chi connectivity index (χ1) is 35.2. The van der Waals surface area contributed by atoms with Crippen LogP contribution in [0.3, 0.4) is 0 Å². The fourth-order valence-corrected chi connectivity index (χ4v) is 22.9. The molecule has 2 saturated heterocycles. The second kappa shape index (κ2) is 17.8. The van der Waals surface area contributed by atoms with Gasteiger partial charge in [-0.3, -0.25) is 9.59 Å². The van der Waals surface area contributed by atoms with Crippen LogP contribution in [0.25, 0.3) is 0 Å². The van der Waals surface area contributed by atoms with E-state index in [9.17, 15) is 46.0 Å². The van der Waals surface area contributed by atoms with Crippen molar-refractivity contribution in [1.29, 1.82) is 0 Å². The van der Waals surface area contributed by atoms with E-state index in [2.05, 4.69) is 38.7 Å². The van der Waals surface area contributed by atoms with E-state index in [0.29, 0.717) is 82.0 Å². The van der Waals surface area contributed by atoms with Gasteiger partial charge < -0.3 is 55.6 Å². The summed E-state index contributed by atoms with van der Waals surface area (Å²) in [5.74, 6) is 2.63. The number of anilines is 1. The Balaban J connectivity index is 1.13. The number of phenols is 1. The van der Waals surface area contributed by atoms with Crippen LogP contribution in [0, 0.1) is 86.3 Å². The number of hydrogen-bond donors (Lipinski definition) is 9. The molecule has 4 spiro atoms. The molecular formula is C59H79NO12S2. The number of aryl methyl sites for hydroxylation is 1. The van der Waals surface area contributed by atoms with Crippen LogP contribution in [0.5, 0.6) is 5.75 Å². The van der Waals surface area contributed by atoms with Crippen LogP contribution in [0.4, 0.5) is 5.69 Å². The minimum atomic E-state index is -2.19. The Morgan fingerprint density at radius 3 is 2.41 bits per heavy atom. The van der Waals surface area contributed by atoms with Crippen molar-refractivity contribution in [2.45, 2.75) is 182 Å². The number of rotatable bonds is 5. The van der Waals surface area contributed by atoms with Crippen molar-refractivity contribution >= 4 is 39.0 Å². The van der Waals surface area contributed by atoms with Crippen LogP contribution >= 0.6 is 21.6 Å². The predicted octanol–water partition coefficient (Wildman–Crippen LogP) is 5.99. The zero-order valence-electron chi connectivity index (χ0n) is 43.5. The van der Waals surface area contributed by atoms with E-state index in [1.807, 2.05) is 19.1 Å². The average molecular weight is 1060 g/mol. The highest BCUT2D eigenvalue weighted by Gasteiger charge is 2.80. The van der Waals surface area contributed by atoms with Crippen molar-refractivity contribution in [3.8, 4) is 17.6 Å². The van der Waals surface area contributed by atoms with Crippen LogP contribution in [-0.2, 0) is 20.7 Å². The number of ketones is 1. The summed E-state index contributed by atoms with van der Waals surface area (Å²) in [6.45, 7) is 7.54. The van der Waals surface area contributed by atoms with E-state index in [4.69, 9.17) is 4.74 Å². The lowest BCUT2D eigenvalue weighted by Crippen LogP contribution is -2.75. The third-order valence-electron chi connectivity index (χ3n) is 23.2. The zero-order chi connectivity index (χ0) is 52.3. The van der Waals surface area contributed by atoms with Crippen molar-refractivity contribution in [2.24, 2.45) is 74.4 Å². The van der Waals surface area contributed by atoms with E-state index in [-0.39, 0.29) is 55.5 Å². The Morgan fingerprint density at radius 2 is 1.68 bits per heavy atom. The van der Waals surface area contributed by atoms with Crippen LogP contribution in [0.2, 0.25) is 0 Å². The number of phenolic OH excluding ortho intramolecular Hbond substituents is 1. The van der Waals surface area contributed by atoms with Crippen LogP contribution in [0.15, 0.2) is 42.0 Å². The number of hydrogen-bond acceptors (Lipinski definition) is 14. The topological polar surface area (TPSA) is 232 Å². The second-order valence-corrected chi connectivity index (χ2v) is 28.7. The van der Waals surface area contributed by atoms with E-state index in [0.717, 1.165) is 35.6 Å². The van der Waals surface area contributed by atoms with Gasteiger partial charge in [-0.25, -0.2) is 0 Å². The SMILES string of the molecule is CC(C)C(C)C1OC1C1(O)CC=CC2CC3C4=CC(=O)C56C(O)SSC(C(O)C7(C#CC5C(O)C(O)(CO)CC36C)CCCCC7)C3CCCC(CO)C35CCN(C5=O)c3cc(O)cc(c3)CCC23C1CCC43O. The smallest absolute Gasteiger partial charge is 0.233 e. The maximum atomic E-state index is 16.4. The Hall–Kier alpha value is -2.46. The first-order valence-electron chi connectivity index (χ1n) is 28.2. The van der Waals surface area contributed by atoms with Crippen molar-refractivity contribution in [1.82, 2.24) is 0 Å². The molecule has 404 valence electrons. The number of aliphatic hydroxyl groups excluding tert-OH is 5. The highest BCUT2D eigenvalue weighted by Crippen LogP contribution is 2.77. The molecule has 74 heavy (non-hydrogen) atoms. The van der Waals surface area contributed by atoms with Crippen LogP contribution in [0.1, 0.15) is 130 Å². The molecule has 1 aromatic rings. The van der Waals surface area contributed by atoms with Gasteiger partial charge in [-0.1, -0.05) is 99.0 Å². The van der Waals surface area contributed by atoms with Crippen molar-refractivity contribution in [2.75, 3.05) is 24.7 Å². The van der Waals surface area contributed by atoms with Crippen molar-refractivity contribution < 1.29 is 60.3 Å². The van der Waals surface area contributed by atoms with Gasteiger partial charge >= 0.3 is 0 Å². The molecule has 9 bridgehead atoms. The van der Waals surface area contributed by atoms with Gasteiger partial charge in [0.2, 0.25) is 5.91 Å². The van der Waals surface area contributed by atoms with Gasteiger partial charge in [0.1, 0.15) is 28.5 Å². The maximum Gasteiger partial charge on any atom is 0.233 e. The number of aromatic hydroxyl groups is 1. The summed E-state index contributed by atoms with van der Waals surface area (Å²) < 4.78 is 6.53. The van der Waals surface area contributed by atoms with Gasteiger partial charge in [-0.15, -0.1) is 0 Å². The third kappa shape index (κ3) is 6.72. The molecule has 15 heteroatoms. The van der Waals surface area contributed by atoms with E-state index in [1.165, 1.54) is 10.8 Å². The lowest BCUT2D eigenvalue weighted by atomic mass is 9.36. The molecule has 6 aliphatic heterocycles. The lowest BCUT2D eigenvalue weighted by Gasteiger charge is -2.69. The number of carbonyl (C=O) groups is 2. The van der Waals surface area contributed by atoms with Gasteiger partial charge in [0.25, 0.3) is 0 Å². The number of fused-ring (bicyclic) bond motifs is 1. The number of carbonyl (C=O) groups excluding carboxylic acids is 2. The molecule has 20 atom stereocenters. The van der Waals surface area contributed by atoms with Crippen LogP contribution in [-0.4, -0.2) is 129 Å². The quantitative estimate of drug-likeness (QED) is 0.0715. The summed E-state index contributed by atoms with van der Waals surface area (Å²) in [5, 5.41) is 114. The fourth-order valence-electron chi connectivity index (χ4n) is 19.2.